The molecule has 1 saturated heterocycles. The number of methoxy groups -OCH3 is 1. The molecule has 2 rings (SSSR count). The topological polar surface area (TPSA) is 24.5 Å². The van der Waals surface area contributed by atoms with Gasteiger partial charge in [0.2, 0.25) is 0 Å². The lowest BCUT2D eigenvalue weighted by molar-refractivity contribution is 0.0674. The monoisotopic (exact) mass is 240 g/mol. The van der Waals surface area contributed by atoms with Crippen molar-refractivity contribution < 1.29 is 4.74 Å². The largest absolute Gasteiger partial charge is 0.383 e. The van der Waals surface area contributed by atoms with Crippen molar-refractivity contribution in [3.05, 3.63) is 0 Å². The molecule has 1 heterocycles. The van der Waals surface area contributed by atoms with Gasteiger partial charge in [-0.1, -0.05) is 6.92 Å². The summed E-state index contributed by atoms with van der Waals surface area (Å²) < 4.78 is 5.39. The van der Waals surface area contributed by atoms with Gasteiger partial charge in [-0.25, -0.2) is 0 Å². The molecule has 17 heavy (non-hydrogen) atoms. The van der Waals surface area contributed by atoms with Gasteiger partial charge in [-0.05, 0) is 51.1 Å². The summed E-state index contributed by atoms with van der Waals surface area (Å²) in [5.74, 6) is 0.857. The summed E-state index contributed by atoms with van der Waals surface area (Å²) >= 11 is 0. The van der Waals surface area contributed by atoms with E-state index in [1.807, 2.05) is 7.11 Å². The first-order valence-corrected chi connectivity index (χ1v) is 7.30. The molecule has 2 atom stereocenters. The highest BCUT2D eigenvalue weighted by Crippen LogP contribution is 2.31. The molecular formula is C14H28N2O. The molecule has 2 unspecified atom stereocenters. The Morgan fingerprint density at radius 2 is 2.18 bits per heavy atom. The van der Waals surface area contributed by atoms with Crippen LogP contribution in [0.3, 0.4) is 0 Å². The third kappa shape index (κ3) is 3.94. The van der Waals surface area contributed by atoms with Crippen molar-refractivity contribution in [2.75, 3.05) is 33.4 Å². The molecule has 100 valence electrons. The molecule has 0 radical (unpaired) electrons. The first kappa shape index (κ1) is 13.3. The number of hydrogen-bond donors (Lipinski definition) is 1. The predicted octanol–water partition coefficient (Wildman–Crippen LogP) is 1.88. The predicted molar refractivity (Wildman–Crippen MR) is 71.3 cm³/mol. The van der Waals surface area contributed by atoms with Gasteiger partial charge >= 0.3 is 0 Å². The zero-order valence-corrected chi connectivity index (χ0v) is 11.5. The summed E-state index contributed by atoms with van der Waals surface area (Å²) in [6.07, 6.45) is 6.77. The highest BCUT2D eigenvalue weighted by Gasteiger charge is 2.34. The van der Waals surface area contributed by atoms with Crippen LogP contribution in [0.2, 0.25) is 0 Å². The lowest BCUT2D eigenvalue weighted by atomic mass is 9.98. The first-order valence-electron chi connectivity index (χ1n) is 7.30. The summed E-state index contributed by atoms with van der Waals surface area (Å²) in [4.78, 5) is 2.74. The molecule has 0 aromatic carbocycles. The average molecular weight is 240 g/mol. The molecule has 3 heteroatoms. The van der Waals surface area contributed by atoms with Crippen LogP contribution in [0, 0.1) is 5.92 Å². The van der Waals surface area contributed by atoms with Crippen molar-refractivity contribution in [3.63, 3.8) is 0 Å². The number of piperidine rings is 1. The van der Waals surface area contributed by atoms with E-state index in [2.05, 4.69) is 17.1 Å². The van der Waals surface area contributed by atoms with E-state index in [9.17, 15) is 0 Å². The molecule has 1 N–H and O–H groups in total. The fraction of sp³-hybridized carbons (Fsp3) is 1.00. The lowest BCUT2D eigenvalue weighted by Crippen LogP contribution is -2.45. The van der Waals surface area contributed by atoms with Gasteiger partial charge in [0.05, 0.1) is 6.61 Å². The maximum absolute atomic E-state index is 5.39. The molecule has 0 spiro atoms. The zero-order chi connectivity index (χ0) is 12.1. The van der Waals surface area contributed by atoms with Crippen LogP contribution in [-0.2, 0) is 4.74 Å². The van der Waals surface area contributed by atoms with Gasteiger partial charge in [0.25, 0.3) is 0 Å². The minimum absolute atomic E-state index is 0.634. The van der Waals surface area contributed by atoms with Crippen molar-refractivity contribution in [1.82, 2.24) is 10.2 Å². The number of nitrogens with one attached hydrogen (secondary N) is 1. The van der Waals surface area contributed by atoms with Crippen LogP contribution in [0.1, 0.15) is 39.0 Å². The van der Waals surface area contributed by atoms with Gasteiger partial charge in [0.1, 0.15) is 0 Å². The van der Waals surface area contributed by atoms with Crippen molar-refractivity contribution in [2.24, 2.45) is 5.92 Å². The Morgan fingerprint density at radius 1 is 1.35 bits per heavy atom. The maximum Gasteiger partial charge on any atom is 0.0618 e. The van der Waals surface area contributed by atoms with Gasteiger partial charge in [-0.3, -0.25) is 4.90 Å². The van der Waals surface area contributed by atoms with Crippen molar-refractivity contribution in [1.29, 1.82) is 0 Å². The first-order chi connectivity index (χ1) is 8.35. The molecule has 2 fully saturated rings. The van der Waals surface area contributed by atoms with E-state index in [0.717, 1.165) is 18.6 Å². The molecule has 0 aromatic rings. The van der Waals surface area contributed by atoms with E-state index in [1.54, 1.807) is 0 Å². The molecule has 3 nitrogen and oxygen atoms in total. The fourth-order valence-corrected chi connectivity index (χ4v) is 3.02. The summed E-state index contributed by atoms with van der Waals surface area (Å²) in [5, 5.41) is 3.53. The molecular weight excluding hydrogens is 212 g/mol. The van der Waals surface area contributed by atoms with Crippen LogP contribution < -0.4 is 5.32 Å². The molecule has 1 aliphatic carbocycles. The van der Waals surface area contributed by atoms with E-state index < -0.39 is 0 Å². The summed E-state index contributed by atoms with van der Waals surface area (Å²) in [5.41, 5.74) is 0. The minimum atomic E-state index is 0.634. The van der Waals surface area contributed by atoms with Crippen molar-refractivity contribution in [3.8, 4) is 0 Å². The van der Waals surface area contributed by atoms with Crippen molar-refractivity contribution >= 4 is 0 Å². The Bertz CT molecular complexity index is 212. The Morgan fingerprint density at radius 3 is 2.71 bits per heavy atom. The van der Waals surface area contributed by atoms with Crippen LogP contribution in [0.25, 0.3) is 0 Å². The van der Waals surface area contributed by atoms with Gasteiger partial charge in [-0.15, -0.1) is 0 Å². The Balaban J connectivity index is 1.86. The van der Waals surface area contributed by atoms with Crippen LogP contribution in [0.5, 0.6) is 0 Å². The molecule has 2 aliphatic rings. The number of rotatable bonds is 7. The smallest absolute Gasteiger partial charge is 0.0618 e. The summed E-state index contributed by atoms with van der Waals surface area (Å²) in [6, 6.07) is 1.49. The second-order valence-corrected chi connectivity index (χ2v) is 5.66. The van der Waals surface area contributed by atoms with Crippen LogP contribution in [0.4, 0.5) is 0 Å². The van der Waals surface area contributed by atoms with Crippen LogP contribution >= 0.6 is 0 Å². The molecule has 0 aromatic heterocycles. The second-order valence-electron chi connectivity index (χ2n) is 5.66. The van der Waals surface area contributed by atoms with Crippen LogP contribution in [-0.4, -0.2) is 50.3 Å². The van der Waals surface area contributed by atoms with Crippen molar-refractivity contribution in [2.45, 2.75) is 51.1 Å². The second kappa shape index (κ2) is 6.72. The van der Waals surface area contributed by atoms with Gasteiger partial charge in [0.15, 0.2) is 0 Å². The van der Waals surface area contributed by atoms with E-state index >= 15 is 0 Å². The Kier molecular flexibility index (Phi) is 5.26. The SMILES string of the molecule is CCC(COC)N(CC1CCCNC1)C1CC1. The number of nitrogens with zero attached hydrogens (tertiary/aromatic N) is 1. The summed E-state index contributed by atoms with van der Waals surface area (Å²) in [7, 11) is 1.83. The van der Waals surface area contributed by atoms with Gasteiger partial charge < -0.3 is 10.1 Å². The third-order valence-electron chi connectivity index (χ3n) is 4.18. The van der Waals surface area contributed by atoms with E-state index in [1.165, 1.54) is 51.7 Å². The zero-order valence-electron chi connectivity index (χ0n) is 11.5. The quantitative estimate of drug-likeness (QED) is 0.735. The fourth-order valence-electron chi connectivity index (χ4n) is 3.02. The molecule has 0 bridgehead atoms. The number of ether oxygens (including phenoxy) is 1. The summed E-state index contributed by atoms with van der Waals surface area (Å²) in [6.45, 7) is 6.90. The lowest BCUT2D eigenvalue weighted by Gasteiger charge is -2.35. The van der Waals surface area contributed by atoms with Gasteiger partial charge in [0, 0.05) is 25.7 Å². The van der Waals surface area contributed by atoms with Crippen LogP contribution in [0.15, 0.2) is 0 Å². The Hall–Kier alpha value is -0.120. The average Bonchev–Trinajstić information content (AvgIpc) is 3.19. The van der Waals surface area contributed by atoms with E-state index in [0.29, 0.717) is 6.04 Å². The van der Waals surface area contributed by atoms with E-state index in [-0.39, 0.29) is 0 Å². The highest BCUT2D eigenvalue weighted by atomic mass is 16.5. The molecule has 0 amide bonds. The third-order valence-corrected chi connectivity index (χ3v) is 4.18. The standard InChI is InChI=1S/C14H28N2O/c1-3-13(11-17-2)16(14-6-7-14)10-12-5-4-8-15-9-12/h12-15H,3-11H2,1-2H3. The van der Waals surface area contributed by atoms with Gasteiger partial charge in [-0.2, -0.15) is 0 Å². The molecule has 1 saturated carbocycles. The number of hydrogen-bond acceptors (Lipinski definition) is 3. The highest BCUT2D eigenvalue weighted by molar-refractivity contribution is 4.90. The normalized spacial score (nSPS) is 27.4. The Labute approximate surface area is 106 Å². The minimum Gasteiger partial charge on any atom is -0.383 e. The van der Waals surface area contributed by atoms with E-state index in [4.69, 9.17) is 4.74 Å². The molecule has 1 aliphatic heterocycles. The maximum atomic E-state index is 5.39.